The molecule has 0 spiro atoms. The van der Waals surface area contributed by atoms with Crippen LogP contribution in [0, 0.1) is 11.8 Å². The third kappa shape index (κ3) is 5.22. The summed E-state index contributed by atoms with van der Waals surface area (Å²) in [6.45, 7) is 2.80. The summed E-state index contributed by atoms with van der Waals surface area (Å²) in [5.41, 5.74) is 17.8. The molecule has 0 aliphatic heterocycles. The van der Waals surface area contributed by atoms with E-state index >= 15 is 0 Å². The van der Waals surface area contributed by atoms with Gasteiger partial charge in [-0.1, -0.05) is 19.8 Å². The molecule has 1 rings (SSSR count). The molecule has 4 nitrogen and oxygen atoms in total. The fourth-order valence-corrected chi connectivity index (χ4v) is 3.22. The molecule has 1 saturated carbocycles. The van der Waals surface area contributed by atoms with Crippen LogP contribution >= 0.6 is 0 Å². The van der Waals surface area contributed by atoms with Crippen LogP contribution in [0.15, 0.2) is 0 Å². The lowest BCUT2D eigenvalue weighted by atomic mass is 9.74. The van der Waals surface area contributed by atoms with E-state index in [1.807, 2.05) is 0 Å². The molecule has 0 radical (unpaired) electrons. The fourth-order valence-electron chi connectivity index (χ4n) is 3.22. The minimum absolute atomic E-state index is 0.233. The van der Waals surface area contributed by atoms with Crippen molar-refractivity contribution in [3.05, 3.63) is 0 Å². The average Bonchev–Trinajstić information content (AvgIpc) is 2.27. The molecule has 0 aromatic carbocycles. The Kier molecular flexibility index (Phi) is 7.15. The van der Waals surface area contributed by atoms with Gasteiger partial charge in [0.2, 0.25) is 0 Å². The molecule has 0 heterocycles. The number of aliphatic hydroxyl groups is 1. The average molecular weight is 257 g/mol. The maximum absolute atomic E-state index is 9.60. The Morgan fingerprint density at radius 2 is 1.72 bits per heavy atom. The third-order valence-electron chi connectivity index (χ3n) is 4.27. The molecule has 1 aliphatic carbocycles. The Bertz CT molecular complexity index is 213. The minimum Gasteiger partial charge on any atom is -0.393 e. The van der Waals surface area contributed by atoms with Crippen LogP contribution in [0.2, 0.25) is 0 Å². The molecule has 0 aromatic heterocycles. The highest BCUT2D eigenvalue weighted by Crippen LogP contribution is 2.30. The minimum atomic E-state index is -0.233. The number of hydrogen-bond acceptors (Lipinski definition) is 4. The Morgan fingerprint density at radius 1 is 1.11 bits per heavy atom. The van der Waals surface area contributed by atoms with Gasteiger partial charge in [-0.3, -0.25) is 0 Å². The second-order valence-electron chi connectivity index (χ2n) is 6.08. The van der Waals surface area contributed by atoms with Gasteiger partial charge < -0.3 is 22.3 Å². The van der Waals surface area contributed by atoms with Crippen molar-refractivity contribution in [1.82, 2.24) is 0 Å². The van der Waals surface area contributed by atoms with E-state index in [1.165, 1.54) is 0 Å². The Hall–Kier alpha value is -0.160. The molecule has 18 heavy (non-hydrogen) atoms. The maximum atomic E-state index is 9.60. The zero-order valence-electron chi connectivity index (χ0n) is 11.7. The highest BCUT2D eigenvalue weighted by Gasteiger charge is 2.31. The number of aliphatic hydroxyl groups excluding tert-OH is 1. The molecule has 1 aliphatic rings. The summed E-state index contributed by atoms with van der Waals surface area (Å²) in [4.78, 5) is 0. The molecule has 4 heteroatoms. The quantitative estimate of drug-likeness (QED) is 0.510. The Balaban J connectivity index is 2.18. The normalized spacial score (nSPS) is 34.5. The van der Waals surface area contributed by atoms with E-state index < -0.39 is 0 Å². The molecule has 0 aromatic rings. The molecule has 0 bridgehead atoms. The summed E-state index contributed by atoms with van der Waals surface area (Å²) < 4.78 is 0. The van der Waals surface area contributed by atoms with Gasteiger partial charge in [-0.2, -0.15) is 0 Å². The van der Waals surface area contributed by atoms with Crippen molar-refractivity contribution in [2.75, 3.05) is 6.54 Å². The van der Waals surface area contributed by atoms with Crippen LogP contribution in [0.5, 0.6) is 0 Å². The zero-order chi connectivity index (χ0) is 13.5. The first-order chi connectivity index (χ1) is 8.54. The zero-order valence-corrected chi connectivity index (χ0v) is 11.7. The van der Waals surface area contributed by atoms with Crippen LogP contribution < -0.4 is 17.2 Å². The third-order valence-corrected chi connectivity index (χ3v) is 4.27. The van der Waals surface area contributed by atoms with Crippen molar-refractivity contribution < 1.29 is 5.11 Å². The van der Waals surface area contributed by atoms with E-state index in [0.717, 1.165) is 38.5 Å². The van der Waals surface area contributed by atoms with Crippen LogP contribution in [-0.2, 0) is 0 Å². The lowest BCUT2D eigenvalue weighted by Crippen LogP contribution is -2.48. The molecule has 108 valence electrons. The summed E-state index contributed by atoms with van der Waals surface area (Å²) in [5, 5.41) is 9.60. The standard InChI is InChI=1S/C14H31N3O/c1-10-8-13(16)12(14(17)9-10)5-3-2-4-11(18)6-7-15/h10-14,18H,2-9,15-17H2,1H3. The Morgan fingerprint density at radius 3 is 2.28 bits per heavy atom. The van der Waals surface area contributed by atoms with Gasteiger partial charge in [0.25, 0.3) is 0 Å². The lowest BCUT2D eigenvalue weighted by Gasteiger charge is -2.37. The lowest BCUT2D eigenvalue weighted by molar-refractivity contribution is 0.149. The van der Waals surface area contributed by atoms with Crippen molar-refractivity contribution in [2.45, 2.75) is 70.1 Å². The molecule has 0 amide bonds. The number of hydrogen-bond donors (Lipinski definition) is 4. The van der Waals surface area contributed by atoms with Gasteiger partial charge in [0, 0.05) is 12.1 Å². The van der Waals surface area contributed by atoms with E-state index in [1.54, 1.807) is 0 Å². The smallest absolute Gasteiger partial charge is 0.0552 e. The van der Waals surface area contributed by atoms with E-state index in [2.05, 4.69) is 6.92 Å². The summed E-state index contributed by atoms with van der Waals surface area (Å²) in [7, 11) is 0. The fraction of sp³-hybridized carbons (Fsp3) is 1.00. The van der Waals surface area contributed by atoms with Crippen molar-refractivity contribution in [1.29, 1.82) is 0 Å². The summed E-state index contributed by atoms with van der Waals surface area (Å²) in [6, 6.07) is 0.524. The van der Waals surface area contributed by atoms with E-state index in [4.69, 9.17) is 17.2 Å². The van der Waals surface area contributed by atoms with Crippen molar-refractivity contribution in [2.24, 2.45) is 29.0 Å². The van der Waals surface area contributed by atoms with Gasteiger partial charge in [0.15, 0.2) is 0 Å². The molecule has 3 unspecified atom stereocenters. The van der Waals surface area contributed by atoms with Gasteiger partial charge >= 0.3 is 0 Å². The second-order valence-corrected chi connectivity index (χ2v) is 6.08. The number of rotatable bonds is 7. The topological polar surface area (TPSA) is 98.3 Å². The van der Waals surface area contributed by atoms with Crippen LogP contribution in [0.3, 0.4) is 0 Å². The predicted molar refractivity (Wildman–Crippen MR) is 76.0 cm³/mol. The predicted octanol–water partition coefficient (Wildman–Crippen LogP) is 0.957. The second kappa shape index (κ2) is 8.10. The van der Waals surface area contributed by atoms with Crippen molar-refractivity contribution in [3.8, 4) is 0 Å². The van der Waals surface area contributed by atoms with Crippen LogP contribution in [-0.4, -0.2) is 29.8 Å². The molecule has 1 fully saturated rings. The molecular formula is C14H31N3O. The summed E-state index contributed by atoms with van der Waals surface area (Å²) >= 11 is 0. The monoisotopic (exact) mass is 257 g/mol. The molecule has 7 N–H and O–H groups in total. The largest absolute Gasteiger partial charge is 0.393 e. The van der Waals surface area contributed by atoms with Gasteiger partial charge in [-0.15, -0.1) is 0 Å². The van der Waals surface area contributed by atoms with Gasteiger partial charge in [-0.05, 0) is 50.5 Å². The highest BCUT2D eigenvalue weighted by molar-refractivity contribution is 4.89. The van der Waals surface area contributed by atoms with Gasteiger partial charge in [0.1, 0.15) is 0 Å². The first-order valence-electron chi connectivity index (χ1n) is 7.43. The van der Waals surface area contributed by atoms with Crippen molar-refractivity contribution in [3.63, 3.8) is 0 Å². The highest BCUT2D eigenvalue weighted by atomic mass is 16.3. The number of nitrogens with two attached hydrogens (primary N) is 3. The van der Waals surface area contributed by atoms with Crippen LogP contribution in [0.25, 0.3) is 0 Å². The van der Waals surface area contributed by atoms with Crippen molar-refractivity contribution >= 4 is 0 Å². The first kappa shape index (κ1) is 15.9. The summed E-state index contributed by atoms with van der Waals surface area (Å²) in [5.74, 6) is 1.13. The van der Waals surface area contributed by atoms with Crippen LogP contribution in [0.1, 0.15) is 51.9 Å². The molecule has 3 atom stereocenters. The Labute approximate surface area is 111 Å². The van der Waals surface area contributed by atoms with Gasteiger partial charge in [-0.25, -0.2) is 0 Å². The van der Waals surface area contributed by atoms with Crippen LogP contribution in [0.4, 0.5) is 0 Å². The van der Waals surface area contributed by atoms with E-state index in [-0.39, 0.29) is 18.2 Å². The molecule has 0 saturated heterocycles. The van der Waals surface area contributed by atoms with Gasteiger partial charge in [0.05, 0.1) is 6.10 Å². The first-order valence-corrected chi connectivity index (χ1v) is 7.43. The SMILES string of the molecule is CC1CC(N)C(CCCCC(O)CCN)C(N)C1. The summed E-state index contributed by atoms with van der Waals surface area (Å²) in [6.07, 6.45) is 6.80. The number of unbranched alkanes of at least 4 members (excludes halogenated alkanes) is 1. The van der Waals surface area contributed by atoms with E-state index in [9.17, 15) is 5.11 Å². The molecular weight excluding hydrogens is 226 g/mol. The van der Waals surface area contributed by atoms with E-state index in [0.29, 0.717) is 24.8 Å². The maximum Gasteiger partial charge on any atom is 0.0552 e.